The molecule has 3 aliphatic carbocycles. The molecule has 1 aromatic carbocycles. The predicted octanol–water partition coefficient (Wildman–Crippen LogP) is 8.44. The van der Waals surface area contributed by atoms with Gasteiger partial charge in [-0.1, -0.05) is 19.1 Å². The average molecular weight is 431 g/mol. The van der Waals surface area contributed by atoms with Crippen LogP contribution in [0.2, 0.25) is 0 Å². The van der Waals surface area contributed by atoms with E-state index in [1.807, 2.05) is 6.92 Å². The fourth-order valence-electron chi connectivity index (χ4n) is 7.28. The lowest BCUT2D eigenvalue weighted by Crippen LogP contribution is -2.25. The van der Waals surface area contributed by atoms with Crippen LogP contribution >= 0.6 is 0 Å². The van der Waals surface area contributed by atoms with Crippen LogP contribution in [0, 0.1) is 41.2 Å². The van der Waals surface area contributed by atoms with Crippen molar-refractivity contribution in [2.75, 3.05) is 6.61 Å². The standard InChI is InChI=1S/C28H40F2O/c1-3-5-6-7-19-12-13-25-22(19)14-15-23(25)20-8-10-21(11-9-20)24-16-17-26(31-18-4-2)28(30)27(24)29/h3,16-17,19-23,25H,1,4-15,18H2,2H3. The molecule has 3 heteroatoms. The third kappa shape index (κ3) is 4.86. The van der Waals surface area contributed by atoms with E-state index in [-0.39, 0.29) is 11.7 Å². The molecule has 4 unspecified atom stereocenters. The first-order chi connectivity index (χ1) is 15.1. The van der Waals surface area contributed by atoms with Crippen molar-refractivity contribution in [3.8, 4) is 5.75 Å². The van der Waals surface area contributed by atoms with Gasteiger partial charge in [0.25, 0.3) is 0 Å². The first-order valence-electron chi connectivity index (χ1n) is 12.9. The van der Waals surface area contributed by atoms with E-state index >= 15 is 0 Å². The van der Waals surface area contributed by atoms with Gasteiger partial charge < -0.3 is 4.74 Å². The number of fused-ring (bicyclic) bond motifs is 1. The minimum absolute atomic E-state index is 0.0534. The fourth-order valence-corrected chi connectivity index (χ4v) is 7.28. The second kappa shape index (κ2) is 10.5. The molecule has 3 fully saturated rings. The molecule has 1 nitrogen and oxygen atoms in total. The van der Waals surface area contributed by atoms with E-state index in [0.717, 1.165) is 55.3 Å². The molecule has 0 bridgehead atoms. The number of ether oxygens (including phenoxy) is 1. The minimum Gasteiger partial charge on any atom is -0.490 e. The summed E-state index contributed by atoms with van der Waals surface area (Å²) in [6.45, 7) is 6.24. The molecule has 1 aromatic rings. The van der Waals surface area contributed by atoms with Gasteiger partial charge in [0.05, 0.1) is 6.61 Å². The first-order valence-corrected chi connectivity index (χ1v) is 12.9. The van der Waals surface area contributed by atoms with Crippen LogP contribution in [0.15, 0.2) is 24.8 Å². The maximum Gasteiger partial charge on any atom is 0.200 e. The Labute approximate surface area is 187 Å². The summed E-state index contributed by atoms with van der Waals surface area (Å²) in [5.41, 5.74) is 0.562. The van der Waals surface area contributed by atoms with Gasteiger partial charge in [-0.3, -0.25) is 0 Å². The number of halogens is 2. The molecule has 172 valence electrons. The van der Waals surface area contributed by atoms with Crippen molar-refractivity contribution in [2.45, 2.75) is 89.9 Å². The van der Waals surface area contributed by atoms with Gasteiger partial charge >= 0.3 is 0 Å². The molecule has 3 saturated carbocycles. The summed E-state index contributed by atoms with van der Waals surface area (Å²) < 4.78 is 34.6. The van der Waals surface area contributed by atoms with Crippen LogP contribution in [0.3, 0.4) is 0 Å². The number of unbranched alkanes of at least 4 members (excludes halogenated alkanes) is 1. The van der Waals surface area contributed by atoms with Crippen molar-refractivity contribution in [2.24, 2.45) is 29.6 Å². The summed E-state index contributed by atoms with van der Waals surface area (Å²) in [7, 11) is 0. The lowest BCUT2D eigenvalue weighted by atomic mass is 9.70. The third-order valence-corrected chi connectivity index (χ3v) is 8.75. The maximum absolute atomic E-state index is 14.8. The molecule has 4 atom stereocenters. The van der Waals surface area contributed by atoms with E-state index in [1.54, 1.807) is 12.1 Å². The Hall–Kier alpha value is -1.38. The molecule has 0 aliphatic heterocycles. The monoisotopic (exact) mass is 430 g/mol. The van der Waals surface area contributed by atoms with Crippen LogP contribution in [0.1, 0.15) is 95.5 Å². The van der Waals surface area contributed by atoms with E-state index in [4.69, 9.17) is 4.74 Å². The van der Waals surface area contributed by atoms with Gasteiger partial charge in [0.2, 0.25) is 5.82 Å². The highest BCUT2D eigenvalue weighted by atomic mass is 19.2. The molecule has 0 heterocycles. The summed E-state index contributed by atoms with van der Waals surface area (Å²) >= 11 is 0. The molecule has 0 radical (unpaired) electrons. The van der Waals surface area contributed by atoms with Crippen LogP contribution in [0.4, 0.5) is 8.78 Å². The summed E-state index contributed by atoms with van der Waals surface area (Å²) in [6, 6.07) is 3.40. The summed E-state index contributed by atoms with van der Waals surface area (Å²) in [5, 5.41) is 0. The fraction of sp³-hybridized carbons (Fsp3) is 0.714. The molecule has 0 N–H and O–H groups in total. The molecular weight excluding hydrogens is 390 g/mol. The lowest BCUT2D eigenvalue weighted by Gasteiger charge is -2.35. The summed E-state index contributed by atoms with van der Waals surface area (Å²) in [6.07, 6.45) is 16.7. The second-order valence-electron chi connectivity index (χ2n) is 10.4. The highest BCUT2D eigenvalue weighted by Gasteiger charge is 2.47. The minimum atomic E-state index is -0.805. The molecule has 31 heavy (non-hydrogen) atoms. The molecule has 0 amide bonds. The molecular formula is C28H40F2O. The zero-order valence-corrected chi connectivity index (χ0v) is 19.3. The largest absolute Gasteiger partial charge is 0.490 e. The smallest absolute Gasteiger partial charge is 0.200 e. The first kappa shape index (κ1) is 22.8. The zero-order chi connectivity index (χ0) is 21.8. The van der Waals surface area contributed by atoms with Crippen molar-refractivity contribution in [1.82, 2.24) is 0 Å². The Balaban J connectivity index is 1.32. The molecule has 0 aromatic heterocycles. The Morgan fingerprint density at radius 1 is 0.935 bits per heavy atom. The molecule has 4 rings (SSSR count). The molecule has 3 aliphatic rings. The highest BCUT2D eigenvalue weighted by molar-refractivity contribution is 5.33. The van der Waals surface area contributed by atoms with Crippen molar-refractivity contribution >= 4 is 0 Å². The van der Waals surface area contributed by atoms with Crippen LogP contribution in [0.25, 0.3) is 0 Å². The summed E-state index contributed by atoms with van der Waals surface area (Å²) in [4.78, 5) is 0. The number of benzene rings is 1. The van der Waals surface area contributed by atoms with Crippen molar-refractivity contribution in [3.63, 3.8) is 0 Å². The highest BCUT2D eigenvalue weighted by Crippen LogP contribution is 2.56. The third-order valence-electron chi connectivity index (χ3n) is 8.75. The lowest BCUT2D eigenvalue weighted by molar-refractivity contribution is 0.177. The van der Waals surface area contributed by atoms with Crippen molar-refractivity contribution in [1.29, 1.82) is 0 Å². The van der Waals surface area contributed by atoms with Gasteiger partial charge in [-0.05, 0) is 124 Å². The number of allylic oxidation sites excluding steroid dienone is 1. The number of hydrogen-bond donors (Lipinski definition) is 0. The Bertz CT molecular complexity index is 737. The van der Waals surface area contributed by atoms with Crippen LogP contribution in [-0.4, -0.2) is 6.61 Å². The van der Waals surface area contributed by atoms with Crippen molar-refractivity contribution < 1.29 is 13.5 Å². The quantitative estimate of drug-likeness (QED) is 0.282. The van der Waals surface area contributed by atoms with Gasteiger partial charge in [-0.15, -0.1) is 6.58 Å². The van der Waals surface area contributed by atoms with Crippen LogP contribution in [0.5, 0.6) is 5.75 Å². The molecule has 0 spiro atoms. The van der Waals surface area contributed by atoms with Gasteiger partial charge in [0, 0.05) is 0 Å². The Kier molecular flexibility index (Phi) is 7.72. The van der Waals surface area contributed by atoms with E-state index in [2.05, 4.69) is 12.7 Å². The topological polar surface area (TPSA) is 9.23 Å². The van der Waals surface area contributed by atoms with Crippen molar-refractivity contribution in [3.05, 3.63) is 42.0 Å². The normalized spacial score (nSPS) is 32.7. The van der Waals surface area contributed by atoms with E-state index in [1.165, 1.54) is 51.4 Å². The van der Waals surface area contributed by atoms with E-state index < -0.39 is 11.6 Å². The zero-order valence-electron chi connectivity index (χ0n) is 19.3. The predicted molar refractivity (Wildman–Crippen MR) is 123 cm³/mol. The maximum atomic E-state index is 14.8. The second-order valence-corrected chi connectivity index (χ2v) is 10.4. The van der Waals surface area contributed by atoms with Gasteiger partial charge in [-0.25, -0.2) is 4.39 Å². The van der Waals surface area contributed by atoms with Crippen LogP contribution in [-0.2, 0) is 0 Å². The Morgan fingerprint density at radius 3 is 2.42 bits per heavy atom. The number of hydrogen-bond acceptors (Lipinski definition) is 1. The van der Waals surface area contributed by atoms with Crippen LogP contribution < -0.4 is 4.74 Å². The van der Waals surface area contributed by atoms with Gasteiger partial charge in [-0.2, -0.15) is 4.39 Å². The summed E-state index contributed by atoms with van der Waals surface area (Å²) in [5.74, 6) is 3.21. The number of rotatable bonds is 9. The van der Waals surface area contributed by atoms with Gasteiger partial charge in [0.15, 0.2) is 11.6 Å². The SMILES string of the molecule is C=CCCCC1CCC2C(C3CCC(c4ccc(OCCC)c(F)c4F)CC3)CCC12. The average Bonchev–Trinajstić information content (AvgIpc) is 3.38. The Morgan fingerprint density at radius 2 is 1.68 bits per heavy atom. The molecule has 0 saturated heterocycles. The van der Waals surface area contributed by atoms with Gasteiger partial charge in [0.1, 0.15) is 0 Å². The van der Waals surface area contributed by atoms with E-state index in [9.17, 15) is 8.78 Å². The van der Waals surface area contributed by atoms with E-state index in [0.29, 0.717) is 12.2 Å².